The zero-order valence-electron chi connectivity index (χ0n) is 13.5. The van der Waals surface area contributed by atoms with Gasteiger partial charge in [0.05, 0.1) is 0 Å². The van der Waals surface area contributed by atoms with Crippen molar-refractivity contribution in [3.05, 3.63) is 29.8 Å². The van der Waals surface area contributed by atoms with Crippen LogP contribution in [0.2, 0.25) is 0 Å². The van der Waals surface area contributed by atoms with Gasteiger partial charge in [0.1, 0.15) is 0 Å². The number of nitrogens with two attached hydrogens (primary N) is 1. The van der Waals surface area contributed by atoms with E-state index in [2.05, 4.69) is 54.2 Å². The molecule has 1 aromatic rings. The maximum absolute atomic E-state index is 6.00. The SMILES string of the molecule is CCN1CCC(CN=C(N)Nc2cccc(C(C)C)c2)C1. The predicted molar refractivity (Wildman–Crippen MR) is 90.9 cm³/mol. The molecule has 0 aromatic heterocycles. The Labute approximate surface area is 128 Å². The molecule has 1 aliphatic heterocycles. The molecule has 116 valence electrons. The molecule has 1 saturated heterocycles. The van der Waals surface area contributed by atoms with Crippen molar-refractivity contribution in [2.24, 2.45) is 16.6 Å². The van der Waals surface area contributed by atoms with Crippen molar-refractivity contribution in [2.45, 2.75) is 33.1 Å². The highest BCUT2D eigenvalue weighted by Crippen LogP contribution is 2.19. The lowest BCUT2D eigenvalue weighted by molar-refractivity contribution is 0.344. The Morgan fingerprint density at radius 3 is 2.95 bits per heavy atom. The third-order valence-electron chi connectivity index (χ3n) is 4.16. The van der Waals surface area contributed by atoms with Crippen LogP contribution in [-0.2, 0) is 0 Å². The summed E-state index contributed by atoms with van der Waals surface area (Å²) in [6, 6.07) is 8.37. The molecule has 0 aliphatic carbocycles. The fourth-order valence-electron chi connectivity index (χ4n) is 2.74. The van der Waals surface area contributed by atoms with Gasteiger partial charge in [-0.15, -0.1) is 0 Å². The third kappa shape index (κ3) is 4.74. The summed E-state index contributed by atoms with van der Waals surface area (Å²) in [7, 11) is 0. The molecule has 0 bridgehead atoms. The first kappa shape index (κ1) is 15.8. The van der Waals surface area contributed by atoms with Crippen LogP contribution >= 0.6 is 0 Å². The number of anilines is 1. The molecule has 0 spiro atoms. The van der Waals surface area contributed by atoms with Crippen LogP contribution in [0.4, 0.5) is 5.69 Å². The molecule has 21 heavy (non-hydrogen) atoms. The van der Waals surface area contributed by atoms with Gasteiger partial charge < -0.3 is 16.0 Å². The zero-order valence-corrected chi connectivity index (χ0v) is 13.5. The van der Waals surface area contributed by atoms with Gasteiger partial charge in [0.2, 0.25) is 0 Å². The van der Waals surface area contributed by atoms with Crippen molar-refractivity contribution in [3.8, 4) is 0 Å². The van der Waals surface area contributed by atoms with Gasteiger partial charge in [0.25, 0.3) is 0 Å². The molecule has 4 nitrogen and oxygen atoms in total. The number of aliphatic imine (C=N–C) groups is 1. The molecular formula is C17H28N4. The van der Waals surface area contributed by atoms with Crippen LogP contribution in [0.1, 0.15) is 38.7 Å². The normalized spacial score (nSPS) is 20.2. The van der Waals surface area contributed by atoms with Crippen LogP contribution in [0.3, 0.4) is 0 Å². The van der Waals surface area contributed by atoms with E-state index < -0.39 is 0 Å². The lowest BCUT2D eigenvalue weighted by atomic mass is 10.0. The van der Waals surface area contributed by atoms with Crippen molar-refractivity contribution in [1.29, 1.82) is 0 Å². The molecule has 4 heteroatoms. The first-order valence-electron chi connectivity index (χ1n) is 7.97. The second-order valence-electron chi connectivity index (χ2n) is 6.18. The van der Waals surface area contributed by atoms with Crippen LogP contribution in [0.5, 0.6) is 0 Å². The summed E-state index contributed by atoms with van der Waals surface area (Å²) in [5.74, 6) is 1.68. The van der Waals surface area contributed by atoms with Gasteiger partial charge in [-0.25, -0.2) is 0 Å². The monoisotopic (exact) mass is 288 g/mol. The van der Waals surface area contributed by atoms with Gasteiger partial charge >= 0.3 is 0 Å². The van der Waals surface area contributed by atoms with Crippen molar-refractivity contribution in [2.75, 3.05) is 31.5 Å². The zero-order chi connectivity index (χ0) is 15.2. The molecule has 1 aliphatic rings. The molecule has 0 saturated carbocycles. The topological polar surface area (TPSA) is 53.6 Å². The highest BCUT2D eigenvalue weighted by Gasteiger charge is 2.20. The van der Waals surface area contributed by atoms with E-state index in [1.165, 1.54) is 18.5 Å². The Hall–Kier alpha value is -1.55. The maximum Gasteiger partial charge on any atom is 0.193 e. The van der Waals surface area contributed by atoms with Crippen LogP contribution in [0.15, 0.2) is 29.3 Å². The van der Waals surface area contributed by atoms with E-state index in [0.717, 1.165) is 25.3 Å². The molecular weight excluding hydrogens is 260 g/mol. The van der Waals surface area contributed by atoms with E-state index in [-0.39, 0.29) is 0 Å². The lowest BCUT2D eigenvalue weighted by Gasteiger charge is -2.12. The molecule has 0 radical (unpaired) electrons. The van der Waals surface area contributed by atoms with Crippen molar-refractivity contribution in [1.82, 2.24) is 4.90 Å². The van der Waals surface area contributed by atoms with Crippen LogP contribution in [0.25, 0.3) is 0 Å². The second-order valence-corrected chi connectivity index (χ2v) is 6.18. The van der Waals surface area contributed by atoms with Crippen molar-refractivity contribution in [3.63, 3.8) is 0 Å². The summed E-state index contributed by atoms with van der Waals surface area (Å²) in [6.45, 7) is 10.9. The maximum atomic E-state index is 6.00. The summed E-state index contributed by atoms with van der Waals surface area (Å²) < 4.78 is 0. The van der Waals surface area contributed by atoms with Crippen molar-refractivity contribution < 1.29 is 0 Å². The Bertz CT molecular complexity index is 481. The minimum Gasteiger partial charge on any atom is -0.370 e. The molecule has 1 heterocycles. The van der Waals surface area contributed by atoms with Gasteiger partial charge in [0.15, 0.2) is 5.96 Å². The lowest BCUT2D eigenvalue weighted by Crippen LogP contribution is -2.25. The highest BCUT2D eigenvalue weighted by atomic mass is 15.1. The van der Waals surface area contributed by atoms with E-state index in [9.17, 15) is 0 Å². The molecule has 0 amide bonds. The molecule has 1 aromatic carbocycles. The number of rotatable bonds is 5. The number of hydrogen-bond acceptors (Lipinski definition) is 2. The Kier molecular flexibility index (Phi) is 5.62. The van der Waals surface area contributed by atoms with Crippen LogP contribution < -0.4 is 11.1 Å². The first-order chi connectivity index (χ1) is 10.1. The Morgan fingerprint density at radius 1 is 1.48 bits per heavy atom. The average Bonchev–Trinajstić information content (AvgIpc) is 2.93. The van der Waals surface area contributed by atoms with E-state index in [4.69, 9.17) is 5.73 Å². The molecule has 1 unspecified atom stereocenters. The van der Waals surface area contributed by atoms with E-state index >= 15 is 0 Å². The third-order valence-corrected chi connectivity index (χ3v) is 4.16. The largest absolute Gasteiger partial charge is 0.370 e. The standard InChI is InChI=1S/C17H28N4/c1-4-21-9-8-14(12-21)11-19-17(18)20-16-7-5-6-15(10-16)13(2)3/h5-7,10,13-14H,4,8-9,11-12H2,1-3H3,(H3,18,19,20). The van der Waals surface area contributed by atoms with Gasteiger partial charge in [-0.2, -0.15) is 0 Å². The van der Waals surface area contributed by atoms with Crippen molar-refractivity contribution >= 4 is 11.6 Å². The molecule has 1 atom stereocenters. The predicted octanol–water partition coefficient (Wildman–Crippen LogP) is 2.88. The molecule has 3 N–H and O–H groups in total. The summed E-state index contributed by atoms with van der Waals surface area (Å²) in [4.78, 5) is 6.97. The Morgan fingerprint density at radius 2 is 2.29 bits per heavy atom. The van der Waals surface area contributed by atoms with Crippen LogP contribution in [0, 0.1) is 5.92 Å². The second kappa shape index (κ2) is 7.46. The molecule has 1 fully saturated rings. The number of guanidine groups is 1. The number of hydrogen-bond donors (Lipinski definition) is 2. The average molecular weight is 288 g/mol. The molecule has 2 rings (SSSR count). The van der Waals surface area contributed by atoms with Crippen LogP contribution in [-0.4, -0.2) is 37.0 Å². The minimum atomic E-state index is 0.517. The smallest absolute Gasteiger partial charge is 0.193 e. The quantitative estimate of drug-likeness (QED) is 0.647. The van der Waals surface area contributed by atoms with E-state index in [1.54, 1.807) is 0 Å². The number of nitrogens with one attached hydrogen (secondary N) is 1. The van der Waals surface area contributed by atoms with E-state index in [0.29, 0.717) is 17.8 Å². The number of nitrogens with zero attached hydrogens (tertiary/aromatic N) is 2. The fraction of sp³-hybridized carbons (Fsp3) is 0.588. The van der Waals surface area contributed by atoms with Gasteiger partial charge in [-0.3, -0.25) is 4.99 Å². The summed E-state index contributed by atoms with van der Waals surface area (Å²) in [5, 5.41) is 3.20. The number of likely N-dealkylation sites (tertiary alicyclic amines) is 1. The van der Waals surface area contributed by atoms with Gasteiger partial charge in [-0.1, -0.05) is 32.9 Å². The highest BCUT2D eigenvalue weighted by molar-refractivity contribution is 5.92. The van der Waals surface area contributed by atoms with E-state index in [1.807, 2.05) is 6.07 Å². The van der Waals surface area contributed by atoms with Gasteiger partial charge in [0, 0.05) is 18.8 Å². The summed E-state index contributed by atoms with van der Waals surface area (Å²) >= 11 is 0. The minimum absolute atomic E-state index is 0.517. The number of benzene rings is 1. The summed E-state index contributed by atoms with van der Waals surface area (Å²) in [5.41, 5.74) is 8.33. The Balaban J connectivity index is 1.87. The summed E-state index contributed by atoms with van der Waals surface area (Å²) in [6.07, 6.45) is 1.23. The fourth-order valence-corrected chi connectivity index (χ4v) is 2.74. The first-order valence-corrected chi connectivity index (χ1v) is 7.97. The van der Waals surface area contributed by atoms with Gasteiger partial charge in [-0.05, 0) is 49.0 Å².